The van der Waals surface area contributed by atoms with Crippen molar-refractivity contribution in [1.29, 1.82) is 0 Å². The fourth-order valence-corrected chi connectivity index (χ4v) is 2.79. The van der Waals surface area contributed by atoms with Gasteiger partial charge in [0.1, 0.15) is 5.70 Å². The molecule has 0 N–H and O–H groups in total. The third kappa shape index (κ3) is 2.96. The Hall–Kier alpha value is -3.04. The summed E-state index contributed by atoms with van der Waals surface area (Å²) in [6, 6.07) is 14.3. The normalized spacial score (nSPS) is 12.1. The van der Waals surface area contributed by atoms with Crippen LogP contribution in [-0.4, -0.2) is 12.6 Å². The Morgan fingerprint density at radius 2 is 2.04 bits per heavy atom. The number of hydrogen-bond acceptors (Lipinski definition) is 3. The van der Waals surface area contributed by atoms with Gasteiger partial charge in [-0.3, -0.25) is 0 Å². The van der Waals surface area contributed by atoms with Gasteiger partial charge in [0.15, 0.2) is 0 Å². The Morgan fingerprint density at radius 1 is 1.26 bits per heavy atom. The van der Waals surface area contributed by atoms with Crippen LogP contribution in [0.5, 0.6) is 0 Å². The molecule has 2 aromatic carbocycles. The number of ether oxygens (including phenoxy) is 1. The monoisotopic (exact) mass is 305 g/mol. The van der Waals surface area contributed by atoms with Gasteiger partial charge in [-0.15, -0.1) is 0 Å². The molecule has 1 aliphatic rings. The number of fused-ring (bicyclic) bond motifs is 3. The predicted molar refractivity (Wildman–Crippen MR) is 88.4 cm³/mol. The van der Waals surface area contributed by atoms with E-state index in [1.165, 1.54) is 22.3 Å². The summed E-state index contributed by atoms with van der Waals surface area (Å²) in [6.45, 7) is 1.94. The Morgan fingerprint density at radius 3 is 2.83 bits per heavy atom. The van der Waals surface area contributed by atoms with Crippen LogP contribution in [0.1, 0.15) is 23.6 Å². The van der Waals surface area contributed by atoms with Crippen molar-refractivity contribution in [1.82, 2.24) is 0 Å². The molecule has 1 aliphatic carbocycles. The number of carbonyl (C=O) groups excluding carboxylic acids is 1. The second kappa shape index (κ2) is 6.38. The van der Waals surface area contributed by atoms with E-state index >= 15 is 0 Å². The fraction of sp³-hybridized carbons (Fsp3) is 0.167. The number of hydrogen-bond donors (Lipinski definition) is 0. The second-order valence-electron chi connectivity index (χ2n) is 5.19. The molecule has 0 unspecified atom stereocenters. The molecule has 0 amide bonds. The summed E-state index contributed by atoms with van der Waals surface area (Å²) >= 11 is 0. The Bertz CT molecular complexity index is 849. The maximum atomic E-state index is 11.8. The van der Waals surface area contributed by atoms with Gasteiger partial charge >= 0.3 is 5.97 Å². The van der Waals surface area contributed by atoms with Gasteiger partial charge in [-0.1, -0.05) is 47.6 Å². The third-order valence-electron chi connectivity index (χ3n) is 3.76. The molecule has 114 valence electrons. The summed E-state index contributed by atoms with van der Waals surface area (Å²) in [7, 11) is 0. The van der Waals surface area contributed by atoms with E-state index in [0.29, 0.717) is 0 Å². The first-order valence-electron chi connectivity index (χ1n) is 7.38. The van der Waals surface area contributed by atoms with Crippen LogP contribution in [0.3, 0.4) is 0 Å². The molecule has 0 aromatic heterocycles. The van der Waals surface area contributed by atoms with Crippen LogP contribution in [0.15, 0.2) is 53.3 Å². The smallest absolute Gasteiger partial charge is 0.340 e. The molecule has 2 aromatic rings. The molecule has 0 atom stereocenters. The second-order valence-corrected chi connectivity index (χ2v) is 5.19. The van der Waals surface area contributed by atoms with E-state index in [1.807, 2.05) is 30.3 Å². The lowest BCUT2D eigenvalue weighted by atomic mass is 10.0. The predicted octanol–water partition coefficient (Wildman–Crippen LogP) is 4.47. The number of esters is 1. The molecule has 0 heterocycles. The lowest BCUT2D eigenvalue weighted by Crippen LogP contribution is -2.05. The Labute approximate surface area is 133 Å². The summed E-state index contributed by atoms with van der Waals surface area (Å²) in [6.07, 6.45) is 2.42. The molecule has 0 fully saturated rings. The number of carbonyl (C=O) groups is 1. The van der Waals surface area contributed by atoms with E-state index in [2.05, 4.69) is 22.2 Å². The minimum absolute atomic E-state index is 0.0372. The van der Waals surface area contributed by atoms with Gasteiger partial charge in [-0.25, -0.2) is 4.79 Å². The van der Waals surface area contributed by atoms with Crippen molar-refractivity contribution in [2.24, 2.45) is 5.11 Å². The van der Waals surface area contributed by atoms with Crippen molar-refractivity contribution >= 4 is 12.0 Å². The average molecular weight is 305 g/mol. The van der Waals surface area contributed by atoms with Crippen molar-refractivity contribution in [3.8, 4) is 11.1 Å². The van der Waals surface area contributed by atoms with E-state index in [0.717, 1.165) is 12.0 Å². The Balaban J connectivity index is 1.96. The summed E-state index contributed by atoms with van der Waals surface area (Å²) in [5, 5.41) is 3.44. The first-order valence-corrected chi connectivity index (χ1v) is 7.38. The zero-order chi connectivity index (χ0) is 16.2. The first kappa shape index (κ1) is 14.9. The average Bonchev–Trinajstić information content (AvgIpc) is 2.92. The van der Waals surface area contributed by atoms with Gasteiger partial charge in [0.05, 0.1) is 6.61 Å². The maximum absolute atomic E-state index is 11.8. The van der Waals surface area contributed by atoms with Crippen molar-refractivity contribution < 1.29 is 9.53 Å². The minimum atomic E-state index is -0.617. The van der Waals surface area contributed by atoms with Gasteiger partial charge < -0.3 is 4.74 Å². The molecule has 5 heteroatoms. The molecule has 0 saturated carbocycles. The largest absolute Gasteiger partial charge is 0.462 e. The van der Waals surface area contributed by atoms with Gasteiger partial charge in [0, 0.05) is 4.91 Å². The molecular formula is C18H15N3O2. The number of nitrogens with zero attached hydrogens (tertiary/aromatic N) is 3. The SMILES string of the molecule is CCOC(=O)/C(=C\c1ccc2c(c1)Cc1ccccc1-2)N=[N+]=[N-]. The lowest BCUT2D eigenvalue weighted by molar-refractivity contribution is -0.138. The van der Waals surface area contributed by atoms with E-state index < -0.39 is 5.97 Å². The van der Waals surface area contributed by atoms with Gasteiger partial charge in [-0.2, -0.15) is 0 Å². The lowest BCUT2D eigenvalue weighted by Gasteiger charge is -2.04. The van der Waals surface area contributed by atoms with Crippen molar-refractivity contribution in [3.63, 3.8) is 0 Å². The first-order chi connectivity index (χ1) is 11.2. The highest BCUT2D eigenvalue weighted by Gasteiger charge is 2.18. The Kier molecular flexibility index (Phi) is 4.13. The van der Waals surface area contributed by atoms with Crippen LogP contribution in [0.4, 0.5) is 0 Å². The molecular weight excluding hydrogens is 290 g/mol. The fourth-order valence-electron chi connectivity index (χ4n) is 2.79. The molecule has 23 heavy (non-hydrogen) atoms. The van der Waals surface area contributed by atoms with Gasteiger partial charge in [0.25, 0.3) is 0 Å². The number of benzene rings is 2. The van der Waals surface area contributed by atoms with Crippen LogP contribution in [-0.2, 0) is 16.0 Å². The van der Waals surface area contributed by atoms with Crippen molar-refractivity contribution in [3.05, 3.63) is 75.3 Å². The zero-order valence-corrected chi connectivity index (χ0v) is 12.7. The van der Waals surface area contributed by atoms with Crippen LogP contribution in [0, 0.1) is 0 Å². The highest BCUT2D eigenvalue weighted by Crippen LogP contribution is 2.36. The van der Waals surface area contributed by atoms with Crippen LogP contribution >= 0.6 is 0 Å². The highest BCUT2D eigenvalue weighted by molar-refractivity contribution is 5.93. The topological polar surface area (TPSA) is 75.1 Å². The molecule has 3 rings (SSSR count). The van der Waals surface area contributed by atoms with Gasteiger partial charge in [-0.05, 0) is 52.8 Å². The van der Waals surface area contributed by atoms with Crippen molar-refractivity contribution in [2.45, 2.75) is 13.3 Å². The maximum Gasteiger partial charge on any atom is 0.340 e. The quantitative estimate of drug-likeness (QED) is 0.234. The molecule has 0 radical (unpaired) electrons. The van der Waals surface area contributed by atoms with E-state index in [1.54, 1.807) is 13.0 Å². The van der Waals surface area contributed by atoms with Crippen LogP contribution in [0.25, 0.3) is 27.6 Å². The van der Waals surface area contributed by atoms with E-state index in [9.17, 15) is 4.79 Å². The molecule has 0 spiro atoms. The summed E-state index contributed by atoms with van der Waals surface area (Å²) in [5.74, 6) is -0.617. The van der Waals surface area contributed by atoms with E-state index in [4.69, 9.17) is 10.3 Å². The standard InChI is InChI=1S/C18H15N3O2/c1-2-23-18(22)17(20-21-19)10-12-7-8-16-14(9-12)11-13-5-3-4-6-15(13)16/h3-10H,2,11H2,1H3/b17-10+. The summed E-state index contributed by atoms with van der Waals surface area (Å²) in [5.41, 5.74) is 14.3. The molecule has 0 saturated heterocycles. The molecule has 5 nitrogen and oxygen atoms in total. The third-order valence-corrected chi connectivity index (χ3v) is 3.76. The molecule has 0 aliphatic heterocycles. The zero-order valence-electron chi connectivity index (χ0n) is 12.7. The number of rotatable bonds is 4. The van der Waals surface area contributed by atoms with Crippen LogP contribution < -0.4 is 0 Å². The summed E-state index contributed by atoms with van der Waals surface area (Å²) < 4.78 is 4.90. The minimum Gasteiger partial charge on any atom is -0.462 e. The number of azide groups is 1. The highest BCUT2D eigenvalue weighted by atomic mass is 16.5. The van der Waals surface area contributed by atoms with E-state index in [-0.39, 0.29) is 12.3 Å². The van der Waals surface area contributed by atoms with Crippen LogP contribution in [0.2, 0.25) is 0 Å². The van der Waals surface area contributed by atoms with Gasteiger partial charge in [0.2, 0.25) is 0 Å². The summed E-state index contributed by atoms with van der Waals surface area (Å²) in [4.78, 5) is 14.5. The van der Waals surface area contributed by atoms with Crippen molar-refractivity contribution in [2.75, 3.05) is 6.61 Å². The molecule has 0 bridgehead atoms.